The van der Waals surface area contributed by atoms with Crippen molar-refractivity contribution in [2.75, 3.05) is 19.1 Å². The third kappa shape index (κ3) is 3.73. The molecule has 2 aliphatic heterocycles. The predicted molar refractivity (Wildman–Crippen MR) is 103 cm³/mol. The number of nitrogens with zero attached hydrogens (tertiary/aromatic N) is 1. The number of likely N-dealkylation sites (N-methyl/N-ethyl adjacent to an activating group) is 1. The highest BCUT2D eigenvalue weighted by Crippen LogP contribution is 2.31. The summed E-state index contributed by atoms with van der Waals surface area (Å²) in [5.41, 5.74) is 2.73. The van der Waals surface area contributed by atoms with E-state index in [9.17, 15) is 4.79 Å². The van der Waals surface area contributed by atoms with Gasteiger partial charge in [-0.3, -0.25) is 9.69 Å². The van der Waals surface area contributed by atoms with Crippen LogP contribution < -0.4 is 26.9 Å². The second kappa shape index (κ2) is 8.15. The van der Waals surface area contributed by atoms with Gasteiger partial charge in [-0.1, -0.05) is 18.2 Å². The second-order valence-corrected chi connectivity index (χ2v) is 7.19. The predicted octanol–water partition coefficient (Wildman–Crippen LogP) is -0.321. The zero-order valence-electron chi connectivity index (χ0n) is 15.7. The van der Waals surface area contributed by atoms with E-state index in [0.29, 0.717) is 17.6 Å². The maximum absolute atomic E-state index is 13.4. The van der Waals surface area contributed by atoms with E-state index in [1.165, 1.54) is 12.8 Å². The van der Waals surface area contributed by atoms with E-state index >= 15 is 0 Å². The van der Waals surface area contributed by atoms with Crippen LogP contribution in [-0.2, 0) is 0 Å². The fraction of sp³-hybridized carbons (Fsp3) is 0.318. The van der Waals surface area contributed by atoms with Gasteiger partial charge in [0.25, 0.3) is 5.91 Å². The lowest BCUT2D eigenvalue weighted by atomic mass is 10.0. The van der Waals surface area contributed by atoms with Crippen LogP contribution in [0, 0.1) is 0 Å². The third-order valence-corrected chi connectivity index (χ3v) is 5.75. The smallest absolute Gasteiger partial charge is 0.262 e. The van der Waals surface area contributed by atoms with Crippen LogP contribution in [0.15, 0.2) is 66.4 Å². The largest absolute Gasteiger partial charge is 1.00 e. The van der Waals surface area contributed by atoms with Gasteiger partial charge in [-0.15, -0.1) is 0 Å². The molecule has 0 aromatic heterocycles. The lowest BCUT2D eigenvalue weighted by Crippen LogP contribution is -3.14. The van der Waals surface area contributed by atoms with E-state index in [0.717, 1.165) is 23.6 Å². The molecule has 1 N–H and O–H groups in total. The Labute approximate surface area is 166 Å². The lowest BCUT2D eigenvalue weighted by molar-refractivity contribution is -0.911. The summed E-state index contributed by atoms with van der Waals surface area (Å²) >= 11 is 0. The molecular formula is C22H25ClN2O2. The molecular weight excluding hydrogens is 360 g/mol. The van der Waals surface area contributed by atoms with Crippen LogP contribution in [0.2, 0.25) is 0 Å². The highest BCUT2D eigenvalue weighted by atomic mass is 35.5. The Hall–Kier alpha value is -2.30. The zero-order chi connectivity index (χ0) is 18.1. The summed E-state index contributed by atoms with van der Waals surface area (Å²) < 4.78 is 5.28. The summed E-state index contributed by atoms with van der Waals surface area (Å²) in [6, 6.07) is 18.4. The van der Waals surface area contributed by atoms with Crippen LogP contribution in [0.25, 0.3) is 0 Å². The number of amides is 1. The number of methoxy groups -OCH3 is 1. The van der Waals surface area contributed by atoms with E-state index in [-0.39, 0.29) is 18.3 Å². The van der Waals surface area contributed by atoms with Gasteiger partial charge in [-0.25, -0.2) is 0 Å². The van der Waals surface area contributed by atoms with Crippen LogP contribution in [0.4, 0.5) is 5.69 Å². The Morgan fingerprint density at radius 2 is 1.78 bits per heavy atom. The fourth-order valence-corrected chi connectivity index (χ4v) is 4.19. The molecule has 27 heavy (non-hydrogen) atoms. The summed E-state index contributed by atoms with van der Waals surface area (Å²) in [5.74, 6) is 0.823. The van der Waals surface area contributed by atoms with Crippen molar-refractivity contribution in [2.24, 2.45) is 0 Å². The Morgan fingerprint density at radius 3 is 2.41 bits per heavy atom. The van der Waals surface area contributed by atoms with Gasteiger partial charge in [0.1, 0.15) is 11.8 Å². The molecule has 2 aromatic carbocycles. The number of ether oxygens (including phenoxy) is 1. The average Bonchev–Trinajstić information content (AvgIpc) is 2.90. The summed E-state index contributed by atoms with van der Waals surface area (Å²) in [6.45, 7) is 0. The molecule has 2 aliphatic rings. The summed E-state index contributed by atoms with van der Waals surface area (Å²) in [4.78, 5) is 16.8. The summed E-state index contributed by atoms with van der Waals surface area (Å²) in [6.07, 6.45) is 5.68. The Morgan fingerprint density at radius 1 is 1.07 bits per heavy atom. The van der Waals surface area contributed by atoms with Gasteiger partial charge in [0.05, 0.1) is 20.2 Å². The van der Waals surface area contributed by atoms with Crippen LogP contribution in [-0.4, -0.2) is 32.1 Å². The summed E-state index contributed by atoms with van der Waals surface area (Å²) in [7, 11) is 3.92. The third-order valence-electron chi connectivity index (χ3n) is 5.75. The molecule has 3 atom stereocenters. The van der Waals surface area contributed by atoms with E-state index in [1.807, 2.05) is 59.5 Å². The van der Waals surface area contributed by atoms with Gasteiger partial charge in [0, 0.05) is 36.2 Å². The first-order valence-electron chi connectivity index (χ1n) is 9.25. The standard InChI is InChI=1S/C22H24N2O2.ClH/c1-23-18-8-9-19(23)15-20(14-18)24(17-10-12-21(26-2)13-11-17)22(25)16-6-4-3-5-7-16;/h3-7,10-14,18-19H,8-9,15H2,1-2H3;1H. The van der Waals surface area contributed by atoms with E-state index in [2.05, 4.69) is 13.1 Å². The minimum absolute atomic E-state index is 0. The number of fused-ring (bicyclic) bond motifs is 2. The molecule has 0 saturated carbocycles. The van der Waals surface area contributed by atoms with E-state index in [4.69, 9.17) is 4.74 Å². The highest BCUT2D eigenvalue weighted by molar-refractivity contribution is 6.08. The Balaban J connectivity index is 0.00000210. The average molecular weight is 385 g/mol. The van der Waals surface area contributed by atoms with Crippen molar-refractivity contribution in [3.63, 3.8) is 0 Å². The fourth-order valence-electron chi connectivity index (χ4n) is 4.19. The van der Waals surface area contributed by atoms with Gasteiger partial charge >= 0.3 is 0 Å². The zero-order valence-corrected chi connectivity index (χ0v) is 16.4. The van der Waals surface area contributed by atoms with Crippen molar-refractivity contribution in [1.82, 2.24) is 0 Å². The minimum Gasteiger partial charge on any atom is -1.00 e. The SMILES string of the molecule is COc1ccc(N(C(=O)c2ccccc2)C2=CC3CCC(C2)[NH+]3C)cc1.[Cl-]. The number of quaternary nitrogens is 1. The van der Waals surface area contributed by atoms with Gasteiger partial charge < -0.3 is 22.0 Å². The quantitative estimate of drug-likeness (QED) is 0.784. The molecule has 2 bridgehead atoms. The van der Waals surface area contributed by atoms with Gasteiger partial charge in [-0.2, -0.15) is 0 Å². The molecule has 4 nitrogen and oxygen atoms in total. The first kappa shape index (κ1) is 19.5. The molecule has 2 aromatic rings. The lowest BCUT2D eigenvalue weighted by Gasteiger charge is -2.33. The molecule has 2 heterocycles. The molecule has 4 rings (SSSR count). The van der Waals surface area contributed by atoms with Crippen molar-refractivity contribution in [1.29, 1.82) is 0 Å². The van der Waals surface area contributed by atoms with Crippen molar-refractivity contribution in [2.45, 2.75) is 31.3 Å². The summed E-state index contributed by atoms with van der Waals surface area (Å²) in [5, 5.41) is 0. The highest BCUT2D eigenvalue weighted by Gasteiger charge is 2.40. The van der Waals surface area contributed by atoms with Crippen LogP contribution in [0.5, 0.6) is 5.75 Å². The molecule has 1 amide bonds. The van der Waals surface area contributed by atoms with E-state index < -0.39 is 0 Å². The monoisotopic (exact) mass is 384 g/mol. The van der Waals surface area contributed by atoms with Gasteiger partial charge in [0.15, 0.2) is 0 Å². The first-order valence-corrected chi connectivity index (χ1v) is 9.25. The van der Waals surface area contributed by atoms with Crippen LogP contribution >= 0.6 is 0 Å². The van der Waals surface area contributed by atoms with Gasteiger partial charge in [-0.05, 0) is 42.5 Å². The molecule has 0 aliphatic carbocycles. The van der Waals surface area contributed by atoms with Crippen LogP contribution in [0.3, 0.4) is 0 Å². The minimum atomic E-state index is 0. The molecule has 142 valence electrons. The van der Waals surface area contributed by atoms with Gasteiger partial charge in [0.2, 0.25) is 0 Å². The molecule has 0 radical (unpaired) electrons. The number of benzene rings is 2. The van der Waals surface area contributed by atoms with Crippen molar-refractivity contribution >= 4 is 11.6 Å². The number of rotatable bonds is 4. The van der Waals surface area contributed by atoms with Crippen molar-refractivity contribution in [3.8, 4) is 5.75 Å². The Kier molecular flexibility index (Phi) is 5.88. The van der Waals surface area contributed by atoms with Crippen LogP contribution in [0.1, 0.15) is 29.6 Å². The molecule has 0 spiro atoms. The normalized spacial score (nSPS) is 23.2. The number of anilines is 1. The number of halogens is 1. The Bertz CT molecular complexity index is 820. The maximum Gasteiger partial charge on any atom is 0.262 e. The number of hydrogen-bond acceptors (Lipinski definition) is 2. The van der Waals surface area contributed by atoms with Crippen molar-refractivity contribution in [3.05, 3.63) is 71.9 Å². The molecule has 5 heteroatoms. The second-order valence-electron chi connectivity index (χ2n) is 7.19. The topological polar surface area (TPSA) is 34.0 Å². The maximum atomic E-state index is 13.4. The number of carbonyl (C=O) groups excluding carboxylic acids is 1. The number of hydrogen-bond donors (Lipinski definition) is 1. The molecule has 3 unspecified atom stereocenters. The number of nitrogens with one attached hydrogen (secondary N) is 1. The number of carbonyl (C=O) groups is 1. The molecule has 1 saturated heterocycles. The first-order chi connectivity index (χ1) is 12.7. The van der Waals surface area contributed by atoms with E-state index in [1.54, 1.807) is 12.0 Å². The molecule has 1 fully saturated rings. The van der Waals surface area contributed by atoms with Crippen molar-refractivity contribution < 1.29 is 26.8 Å².